The van der Waals surface area contributed by atoms with Crippen molar-refractivity contribution < 1.29 is 18.7 Å². The molecule has 2 aromatic carbocycles. The van der Waals surface area contributed by atoms with Crippen molar-refractivity contribution in [1.82, 2.24) is 15.1 Å². The lowest BCUT2D eigenvalue weighted by Gasteiger charge is -2.13. The number of benzene rings is 2. The van der Waals surface area contributed by atoms with Gasteiger partial charge >= 0.3 is 5.97 Å². The van der Waals surface area contributed by atoms with Gasteiger partial charge in [0, 0.05) is 17.8 Å². The lowest BCUT2D eigenvalue weighted by molar-refractivity contribution is -0.129. The number of aromatic nitrogens is 2. The molecule has 0 bridgehead atoms. The van der Waals surface area contributed by atoms with Crippen LogP contribution in [-0.2, 0) is 22.6 Å². The van der Waals surface area contributed by atoms with E-state index < -0.39 is 18.0 Å². The number of carbonyl (C=O) groups excluding carboxylic acids is 2. The molecule has 29 heavy (non-hydrogen) atoms. The molecule has 1 unspecified atom stereocenters. The predicted octanol–water partition coefficient (Wildman–Crippen LogP) is 3.59. The van der Waals surface area contributed by atoms with E-state index >= 15 is 0 Å². The second-order valence-electron chi connectivity index (χ2n) is 6.41. The fraction of sp³-hybridized carbons (Fsp3) is 0.190. The third-order valence-corrected chi connectivity index (χ3v) is 4.56. The van der Waals surface area contributed by atoms with E-state index in [-0.39, 0.29) is 17.9 Å². The third-order valence-electron chi connectivity index (χ3n) is 4.19. The minimum Gasteiger partial charge on any atom is -0.449 e. The average Bonchev–Trinajstić information content (AvgIpc) is 3.18. The molecule has 150 valence electrons. The van der Waals surface area contributed by atoms with Crippen LogP contribution in [0.2, 0.25) is 5.02 Å². The topological polar surface area (TPSA) is 73.2 Å². The Morgan fingerprint density at radius 2 is 1.93 bits per heavy atom. The van der Waals surface area contributed by atoms with Crippen molar-refractivity contribution in [3.8, 4) is 0 Å². The molecule has 3 rings (SSSR count). The van der Waals surface area contributed by atoms with E-state index in [4.69, 9.17) is 16.3 Å². The van der Waals surface area contributed by atoms with Gasteiger partial charge in [-0.15, -0.1) is 0 Å². The lowest BCUT2D eigenvalue weighted by atomic mass is 10.2. The van der Waals surface area contributed by atoms with Gasteiger partial charge in [0.15, 0.2) is 6.10 Å². The van der Waals surface area contributed by atoms with Crippen molar-refractivity contribution in [2.75, 3.05) is 0 Å². The van der Waals surface area contributed by atoms with Gasteiger partial charge in [-0.3, -0.25) is 9.48 Å². The van der Waals surface area contributed by atoms with Gasteiger partial charge in [0.2, 0.25) is 0 Å². The highest BCUT2D eigenvalue weighted by Crippen LogP contribution is 2.16. The molecule has 0 radical (unpaired) electrons. The van der Waals surface area contributed by atoms with Crippen molar-refractivity contribution in [3.63, 3.8) is 0 Å². The van der Waals surface area contributed by atoms with Crippen LogP contribution in [-0.4, -0.2) is 27.8 Å². The summed E-state index contributed by atoms with van der Waals surface area (Å²) in [5, 5.41) is 7.39. The predicted molar refractivity (Wildman–Crippen MR) is 106 cm³/mol. The summed E-state index contributed by atoms with van der Waals surface area (Å²) in [5.41, 5.74) is 1.83. The summed E-state index contributed by atoms with van der Waals surface area (Å²) < 4.78 is 19.7. The zero-order chi connectivity index (χ0) is 20.8. The SMILES string of the molecule is CC(OC(=O)c1cnn(Cc2ccccc2Cl)c1)C(=O)NCc1ccc(F)cc1. The first-order chi connectivity index (χ1) is 13.9. The molecule has 0 saturated heterocycles. The number of carbonyl (C=O) groups is 2. The number of rotatable bonds is 7. The number of ether oxygens (including phenoxy) is 1. The Bertz CT molecular complexity index is 1000. The summed E-state index contributed by atoms with van der Waals surface area (Å²) in [7, 11) is 0. The maximum atomic E-state index is 12.9. The highest BCUT2D eigenvalue weighted by atomic mass is 35.5. The molecular formula is C21H19ClFN3O3. The first kappa shape index (κ1) is 20.5. The van der Waals surface area contributed by atoms with Gasteiger partial charge < -0.3 is 10.1 Å². The Labute approximate surface area is 172 Å². The molecule has 0 aliphatic heterocycles. The summed E-state index contributed by atoms with van der Waals surface area (Å²) in [4.78, 5) is 24.4. The number of nitrogens with one attached hydrogen (secondary N) is 1. The van der Waals surface area contributed by atoms with E-state index in [0.717, 1.165) is 11.1 Å². The van der Waals surface area contributed by atoms with Gasteiger partial charge in [0.25, 0.3) is 5.91 Å². The number of nitrogens with zero attached hydrogens (tertiary/aromatic N) is 2. The average molecular weight is 416 g/mol. The van der Waals surface area contributed by atoms with Gasteiger partial charge in [0.1, 0.15) is 5.82 Å². The fourth-order valence-electron chi connectivity index (χ4n) is 2.57. The van der Waals surface area contributed by atoms with E-state index in [0.29, 0.717) is 11.6 Å². The van der Waals surface area contributed by atoms with Crippen LogP contribution in [0.15, 0.2) is 60.9 Å². The van der Waals surface area contributed by atoms with Gasteiger partial charge in [-0.25, -0.2) is 9.18 Å². The van der Waals surface area contributed by atoms with E-state index in [1.54, 1.807) is 22.9 Å². The second kappa shape index (κ2) is 9.34. The first-order valence-electron chi connectivity index (χ1n) is 8.91. The van der Waals surface area contributed by atoms with E-state index in [1.165, 1.54) is 31.5 Å². The minimum absolute atomic E-state index is 0.205. The Kier molecular flexibility index (Phi) is 6.61. The van der Waals surface area contributed by atoms with Crippen LogP contribution in [0.3, 0.4) is 0 Å². The first-order valence-corrected chi connectivity index (χ1v) is 9.29. The number of hydrogen-bond acceptors (Lipinski definition) is 4. The zero-order valence-corrected chi connectivity index (χ0v) is 16.4. The second-order valence-corrected chi connectivity index (χ2v) is 6.82. The molecule has 1 heterocycles. The smallest absolute Gasteiger partial charge is 0.342 e. The minimum atomic E-state index is -0.991. The molecule has 1 amide bonds. The quantitative estimate of drug-likeness (QED) is 0.598. The van der Waals surface area contributed by atoms with Crippen LogP contribution in [0.5, 0.6) is 0 Å². The Morgan fingerprint density at radius 3 is 2.66 bits per heavy atom. The van der Waals surface area contributed by atoms with Gasteiger partial charge in [0.05, 0.1) is 18.3 Å². The number of halogens is 2. The fourth-order valence-corrected chi connectivity index (χ4v) is 2.77. The van der Waals surface area contributed by atoms with E-state index in [1.807, 2.05) is 18.2 Å². The normalized spacial score (nSPS) is 11.7. The molecule has 0 fully saturated rings. The van der Waals surface area contributed by atoms with Crippen molar-refractivity contribution in [2.45, 2.75) is 26.1 Å². The molecule has 0 aliphatic carbocycles. The van der Waals surface area contributed by atoms with Crippen LogP contribution >= 0.6 is 11.6 Å². The summed E-state index contributed by atoms with van der Waals surface area (Å²) in [6.45, 7) is 2.09. The molecule has 1 N–H and O–H groups in total. The monoisotopic (exact) mass is 415 g/mol. The molecule has 0 saturated carbocycles. The van der Waals surface area contributed by atoms with Crippen LogP contribution in [0.4, 0.5) is 4.39 Å². The molecule has 6 nitrogen and oxygen atoms in total. The molecular weight excluding hydrogens is 397 g/mol. The van der Waals surface area contributed by atoms with E-state index in [9.17, 15) is 14.0 Å². The molecule has 0 spiro atoms. The molecule has 3 aromatic rings. The van der Waals surface area contributed by atoms with Gasteiger partial charge in [-0.2, -0.15) is 5.10 Å². The number of hydrogen-bond donors (Lipinski definition) is 1. The van der Waals surface area contributed by atoms with Crippen LogP contribution < -0.4 is 5.32 Å². The van der Waals surface area contributed by atoms with Gasteiger partial charge in [-0.1, -0.05) is 41.9 Å². The third kappa shape index (κ3) is 5.65. The van der Waals surface area contributed by atoms with Crippen molar-refractivity contribution in [1.29, 1.82) is 0 Å². The van der Waals surface area contributed by atoms with Crippen LogP contribution in [0.1, 0.15) is 28.4 Å². The van der Waals surface area contributed by atoms with Crippen LogP contribution in [0, 0.1) is 5.82 Å². The highest BCUT2D eigenvalue weighted by molar-refractivity contribution is 6.31. The summed E-state index contributed by atoms with van der Waals surface area (Å²) in [5.74, 6) is -1.46. The maximum Gasteiger partial charge on any atom is 0.342 e. The lowest BCUT2D eigenvalue weighted by Crippen LogP contribution is -2.35. The molecule has 1 aromatic heterocycles. The standard InChI is InChI=1S/C21H19ClFN3O3/c1-14(20(27)24-10-15-6-8-18(23)9-7-15)29-21(28)17-11-25-26(13-17)12-16-4-2-3-5-19(16)22/h2-9,11,13-14H,10,12H2,1H3,(H,24,27). The van der Waals surface area contributed by atoms with Crippen molar-refractivity contribution >= 4 is 23.5 Å². The summed E-state index contributed by atoms with van der Waals surface area (Å²) in [6.07, 6.45) is 1.92. The molecule has 8 heteroatoms. The zero-order valence-electron chi connectivity index (χ0n) is 15.6. The van der Waals surface area contributed by atoms with Crippen molar-refractivity contribution in [2.24, 2.45) is 0 Å². The molecule has 0 aliphatic rings. The van der Waals surface area contributed by atoms with Gasteiger partial charge in [-0.05, 0) is 36.2 Å². The largest absolute Gasteiger partial charge is 0.449 e. The number of amides is 1. The van der Waals surface area contributed by atoms with Crippen LogP contribution in [0.25, 0.3) is 0 Å². The van der Waals surface area contributed by atoms with E-state index in [2.05, 4.69) is 10.4 Å². The van der Waals surface area contributed by atoms with Crippen molar-refractivity contribution in [3.05, 3.63) is 88.5 Å². The highest BCUT2D eigenvalue weighted by Gasteiger charge is 2.20. The Hall–Kier alpha value is -3.19. The summed E-state index contributed by atoms with van der Waals surface area (Å²) in [6, 6.07) is 13.1. The summed E-state index contributed by atoms with van der Waals surface area (Å²) >= 11 is 6.13. The Morgan fingerprint density at radius 1 is 1.21 bits per heavy atom. The maximum absolute atomic E-state index is 12.9. The number of esters is 1. The molecule has 1 atom stereocenters. The Balaban J connectivity index is 1.52.